The minimum Gasteiger partial charge on any atom is -0.337 e. The predicted molar refractivity (Wildman–Crippen MR) is 72.2 cm³/mol. The highest BCUT2D eigenvalue weighted by Crippen LogP contribution is 2.17. The quantitative estimate of drug-likeness (QED) is 0.612. The maximum atomic E-state index is 12.3. The van der Waals surface area contributed by atoms with Crippen molar-refractivity contribution in [3.63, 3.8) is 0 Å². The Morgan fingerprint density at radius 3 is 2.56 bits per heavy atom. The Labute approximate surface area is 108 Å². The molecule has 0 saturated carbocycles. The molecule has 98 valence electrons. The molecule has 5 heteroatoms. The Bertz CT molecular complexity index is 416. The fourth-order valence-corrected chi connectivity index (χ4v) is 2.24. The van der Waals surface area contributed by atoms with Gasteiger partial charge in [0, 0.05) is 30.4 Å². The molecule has 0 spiro atoms. The topological polar surface area (TPSA) is 61.6 Å². The van der Waals surface area contributed by atoms with Gasteiger partial charge in [-0.1, -0.05) is 0 Å². The number of hydrogen-bond acceptors (Lipinski definition) is 4. The van der Waals surface area contributed by atoms with E-state index < -0.39 is 0 Å². The van der Waals surface area contributed by atoms with Gasteiger partial charge in [0.15, 0.2) is 0 Å². The molecule has 1 aromatic rings. The van der Waals surface area contributed by atoms with Crippen molar-refractivity contribution < 1.29 is 4.79 Å². The molecule has 1 aliphatic rings. The molecule has 0 radical (unpaired) electrons. The number of anilines is 1. The van der Waals surface area contributed by atoms with E-state index in [1.54, 1.807) is 12.1 Å². The third-order valence-corrected chi connectivity index (χ3v) is 3.48. The minimum absolute atomic E-state index is 0.0999. The van der Waals surface area contributed by atoms with E-state index in [4.69, 9.17) is 5.84 Å². The van der Waals surface area contributed by atoms with Crippen LogP contribution in [0.4, 0.5) is 5.69 Å². The van der Waals surface area contributed by atoms with Crippen molar-refractivity contribution in [1.29, 1.82) is 0 Å². The fraction of sp³-hybridized carbons (Fsp3) is 0.462. The van der Waals surface area contributed by atoms with Crippen molar-refractivity contribution in [3.05, 3.63) is 29.8 Å². The summed E-state index contributed by atoms with van der Waals surface area (Å²) < 4.78 is 0. The number of carbonyl (C=O) groups excluding carboxylic acids is 1. The standard InChI is InChI=1S/C13H20N4O/c1-16(2)12-7-8-17(9-12)13(18)10-3-5-11(15-14)6-4-10/h3-6,12,15H,7-9,14H2,1-2H3. The van der Waals surface area contributed by atoms with E-state index in [2.05, 4.69) is 24.4 Å². The lowest BCUT2D eigenvalue weighted by Gasteiger charge is -2.20. The van der Waals surface area contributed by atoms with Crippen molar-refractivity contribution in [2.45, 2.75) is 12.5 Å². The first-order valence-electron chi connectivity index (χ1n) is 6.14. The van der Waals surface area contributed by atoms with Crippen LogP contribution in [0.3, 0.4) is 0 Å². The molecule has 0 aromatic heterocycles. The highest BCUT2D eigenvalue weighted by Gasteiger charge is 2.27. The van der Waals surface area contributed by atoms with Crippen molar-refractivity contribution in [1.82, 2.24) is 9.80 Å². The van der Waals surface area contributed by atoms with E-state index in [1.165, 1.54) is 0 Å². The molecule has 1 atom stereocenters. The van der Waals surface area contributed by atoms with Gasteiger partial charge in [0.1, 0.15) is 0 Å². The van der Waals surface area contributed by atoms with Crippen LogP contribution in [0.25, 0.3) is 0 Å². The molecular weight excluding hydrogens is 228 g/mol. The second kappa shape index (κ2) is 5.37. The first-order valence-corrected chi connectivity index (χ1v) is 6.14. The highest BCUT2D eigenvalue weighted by molar-refractivity contribution is 5.94. The third-order valence-electron chi connectivity index (χ3n) is 3.48. The SMILES string of the molecule is CN(C)C1CCN(C(=O)c2ccc(NN)cc2)C1. The van der Waals surface area contributed by atoms with Gasteiger partial charge in [0.25, 0.3) is 5.91 Å². The summed E-state index contributed by atoms with van der Waals surface area (Å²) in [6.45, 7) is 1.64. The van der Waals surface area contributed by atoms with Crippen LogP contribution in [0.5, 0.6) is 0 Å². The molecule has 1 heterocycles. The summed E-state index contributed by atoms with van der Waals surface area (Å²) in [6, 6.07) is 7.71. The monoisotopic (exact) mass is 248 g/mol. The molecule has 1 aliphatic heterocycles. The fourth-order valence-electron chi connectivity index (χ4n) is 2.24. The van der Waals surface area contributed by atoms with Gasteiger partial charge in [-0.2, -0.15) is 0 Å². The zero-order valence-electron chi connectivity index (χ0n) is 10.9. The number of nitrogen functional groups attached to an aromatic ring is 1. The molecule has 1 fully saturated rings. The summed E-state index contributed by atoms with van der Waals surface area (Å²) in [6.07, 6.45) is 1.04. The van der Waals surface area contributed by atoms with Crippen LogP contribution in [0.15, 0.2) is 24.3 Å². The van der Waals surface area contributed by atoms with Crippen molar-refractivity contribution >= 4 is 11.6 Å². The van der Waals surface area contributed by atoms with Gasteiger partial charge in [-0.05, 0) is 44.8 Å². The van der Waals surface area contributed by atoms with E-state index in [1.807, 2.05) is 17.0 Å². The van der Waals surface area contributed by atoms with Crippen LogP contribution in [0.2, 0.25) is 0 Å². The molecule has 3 N–H and O–H groups in total. The number of likely N-dealkylation sites (N-methyl/N-ethyl adjacent to an activating group) is 1. The molecule has 0 aliphatic carbocycles. The normalized spacial score (nSPS) is 19.3. The van der Waals surface area contributed by atoms with Crippen molar-refractivity contribution in [2.24, 2.45) is 5.84 Å². The number of rotatable bonds is 3. The van der Waals surface area contributed by atoms with Gasteiger partial charge in [0.2, 0.25) is 0 Å². The smallest absolute Gasteiger partial charge is 0.253 e. The van der Waals surface area contributed by atoms with Crippen molar-refractivity contribution in [3.8, 4) is 0 Å². The van der Waals surface area contributed by atoms with E-state index in [0.717, 1.165) is 25.2 Å². The van der Waals surface area contributed by atoms with E-state index >= 15 is 0 Å². The first-order chi connectivity index (χ1) is 8.61. The molecule has 1 amide bonds. The van der Waals surface area contributed by atoms with Crippen LogP contribution in [-0.4, -0.2) is 48.9 Å². The Hall–Kier alpha value is -1.59. The lowest BCUT2D eigenvalue weighted by Crippen LogP contribution is -2.34. The molecule has 1 aromatic carbocycles. The second-order valence-electron chi connectivity index (χ2n) is 4.88. The third kappa shape index (κ3) is 2.63. The van der Waals surface area contributed by atoms with Crippen LogP contribution in [-0.2, 0) is 0 Å². The number of amides is 1. The molecule has 5 nitrogen and oxygen atoms in total. The predicted octanol–water partition coefficient (Wildman–Crippen LogP) is 0.748. The average Bonchev–Trinajstić information content (AvgIpc) is 2.88. The zero-order valence-corrected chi connectivity index (χ0v) is 10.9. The maximum absolute atomic E-state index is 12.3. The van der Waals surface area contributed by atoms with E-state index in [9.17, 15) is 4.79 Å². The van der Waals surface area contributed by atoms with Crippen LogP contribution in [0.1, 0.15) is 16.8 Å². The Kier molecular flexibility index (Phi) is 3.84. The highest BCUT2D eigenvalue weighted by atomic mass is 16.2. The van der Waals surface area contributed by atoms with Gasteiger partial charge in [0.05, 0.1) is 0 Å². The summed E-state index contributed by atoms with van der Waals surface area (Å²) in [5.41, 5.74) is 4.07. The summed E-state index contributed by atoms with van der Waals surface area (Å²) in [5, 5.41) is 0. The molecule has 1 saturated heterocycles. The van der Waals surface area contributed by atoms with Gasteiger partial charge >= 0.3 is 0 Å². The molecule has 0 bridgehead atoms. The van der Waals surface area contributed by atoms with Gasteiger partial charge in [-0.3, -0.25) is 10.6 Å². The number of nitrogens with two attached hydrogens (primary N) is 1. The average molecular weight is 248 g/mol. The minimum atomic E-state index is 0.0999. The lowest BCUT2D eigenvalue weighted by molar-refractivity contribution is 0.0783. The van der Waals surface area contributed by atoms with Gasteiger partial charge in [-0.15, -0.1) is 0 Å². The van der Waals surface area contributed by atoms with Crippen LogP contribution in [0, 0.1) is 0 Å². The lowest BCUT2D eigenvalue weighted by atomic mass is 10.2. The maximum Gasteiger partial charge on any atom is 0.253 e. The van der Waals surface area contributed by atoms with Crippen molar-refractivity contribution in [2.75, 3.05) is 32.6 Å². The summed E-state index contributed by atoms with van der Waals surface area (Å²) in [5.74, 6) is 5.40. The number of nitrogens with one attached hydrogen (secondary N) is 1. The Balaban J connectivity index is 2.03. The van der Waals surface area contributed by atoms with E-state index in [0.29, 0.717) is 11.6 Å². The summed E-state index contributed by atoms with van der Waals surface area (Å²) >= 11 is 0. The number of nitrogens with zero attached hydrogens (tertiary/aromatic N) is 2. The number of benzene rings is 1. The van der Waals surface area contributed by atoms with Crippen LogP contribution >= 0.6 is 0 Å². The van der Waals surface area contributed by atoms with Gasteiger partial charge < -0.3 is 15.2 Å². The number of likely N-dealkylation sites (tertiary alicyclic amines) is 1. The number of carbonyl (C=O) groups is 1. The molecule has 1 unspecified atom stereocenters. The zero-order chi connectivity index (χ0) is 13.1. The molecular formula is C13H20N4O. The Morgan fingerprint density at radius 2 is 2.06 bits per heavy atom. The van der Waals surface area contributed by atoms with Crippen LogP contribution < -0.4 is 11.3 Å². The summed E-state index contributed by atoms with van der Waals surface area (Å²) in [4.78, 5) is 16.4. The first kappa shape index (κ1) is 12.9. The largest absolute Gasteiger partial charge is 0.337 e. The number of hydrogen-bond donors (Lipinski definition) is 2. The summed E-state index contributed by atoms with van der Waals surface area (Å²) in [7, 11) is 4.11. The second-order valence-corrected chi connectivity index (χ2v) is 4.88. The van der Waals surface area contributed by atoms with Gasteiger partial charge in [-0.25, -0.2) is 0 Å². The number of hydrazine groups is 1. The van der Waals surface area contributed by atoms with E-state index in [-0.39, 0.29) is 5.91 Å². The molecule has 18 heavy (non-hydrogen) atoms. The Morgan fingerprint density at radius 1 is 1.39 bits per heavy atom. The molecule has 2 rings (SSSR count).